The van der Waals surface area contributed by atoms with Crippen LogP contribution in [-0.2, 0) is 9.59 Å². The molecule has 0 atom stereocenters. The second-order valence-corrected chi connectivity index (χ2v) is 4.76. The number of nitrogens with one attached hydrogen (secondary N) is 2. The molecule has 6 N–H and O–H groups in total. The van der Waals surface area contributed by atoms with Crippen LogP contribution < -0.4 is 22.3 Å². The third-order valence-corrected chi connectivity index (χ3v) is 2.82. The summed E-state index contributed by atoms with van der Waals surface area (Å²) >= 11 is 0. The van der Waals surface area contributed by atoms with Crippen molar-refractivity contribution in [3.05, 3.63) is 0 Å². The fourth-order valence-electron chi connectivity index (χ4n) is 1.73. The molecule has 0 radical (unpaired) electrons. The first-order valence-electron chi connectivity index (χ1n) is 7.15. The maximum absolute atomic E-state index is 10.5. The maximum Gasteiger partial charge on any atom is 0.217 e. The van der Waals surface area contributed by atoms with E-state index in [0.717, 1.165) is 58.0 Å². The fourth-order valence-corrected chi connectivity index (χ4v) is 1.73. The molecule has 112 valence electrons. The van der Waals surface area contributed by atoms with Gasteiger partial charge in [-0.2, -0.15) is 0 Å². The number of unbranched alkanes of at least 4 members (excludes halogenated alkanes) is 5. The van der Waals surface area contributed by atoms with Crippen molar-refractivity contribution in [2.75, 3.05) is 13.1 Å². The van der Waals surface area contributed by atoms with Crippen molar-refractivity contribution >= 4 is 11.8 Å². The van der Waals surface area contributed by atoms with E-state index >= 15 is 0 Å². The summed E-state index contributed by atoms with van der Waals surface area (Å²) in [6.07, 6.45) is 8.16. The molecule has 6 heteroatoms. The Bertz CT molecular complexity index is 223. The Balaban J connectivity index is 2.99. The average molecular weight is 272 g/mol. The Labute approximate surface area is 115 Å². The van der Waals surface area contributed by atoms with Crippen LogP contribution in [0.15, 0.2) is 0 Å². The van der Waals surface area contributed by atoms with Crippen molar-refractivity contribution in [2.24, 2.45) is 11.5 Å². The third-order valence-electron chi connectivity index (χ3n) is 2.82. The topological polar surface area (TPSA) is 110 Å². The highest BCUT2D eigenvalue weighted by atomic mass is 16.1. The maximum atomic E-state index is 10.5. The van der Waals surface area contributed by atoms with Gasteiger partial charge in [-0.05, 0) is 25.7 Å². The first-order chi connectivity index (χ1) is 9.13. The van der Waals surface area contributed by atoms with E-state index in [2.05, 4.69) is 10.9 Å². The van der Waals surface area contributed by atoms with Gasteiger partial charge in [0.25, 0.3) is 0 Å². The normalized spacial score (nSPS) is 10.5. The van der Waals surface area contributed by atoms with Gasteiger partial charge < -0.3 is 11.5 Å². The summed E-state index contributed by atoms with van der Waals surface area (Å²) in [6.45, 7) is 1.79. The molecule has 0 unspecified atom stereocenters. The van der Waals surface area contributed by atoms with Crippen molar-refractivity contribution in [3.63, 3.8) is 0 Å². The van der Waals surface area contributed by atoms with Crippen molar-refractivity contribution in [1.82, 2.24) is 10.9 Å². The van der Waals surface area contributed by atoms with Crippen molar-refractivity contribution in [3.8, 4) is 0 Å². The number of carbonyl (C=O) groups is 2. The highest BCUT2D eigenvalue weighted by Crippen LogP contribution is 2.04. The summed E-state index contributed by atoms with van der Waals surface area (Å²) in [6, 6.07) is 0. The molecule has 0 aliphatic carbocycles. The number of nitrogens with two attached hydrogens (primary N) is 2. The van der Waals surface area contributed by atoms with Gasteiger partial charge in [0.2, 0.25) is 11.8 Å². The van der Waals surface area contributed by atoms with E-state index < -0.39 is 0 Å². The zero-order valence-corrected chi connectivity index (χ0v) is 11.7. The number of primary amides is 2. The fraction of sp³-hybridized carbons (Fsp3) is 0.846. The third kappa shape index (κ3) is 16.9. The average Bonchev–Trinajstić information content (AvgIpc) is 2.34. The molecule has 0 rings (SSSR count). The van der Waals surface area contributed by atoms with Gasteiger partial charge in [-0.1, -0.05) is 19.3 Å². The number of hydrazine groups is 1. The lowest BCUT2D eigenvalue weighted by Crippen LogP contribution is -2.33. The predicted molar refractivity (Wildman–Crippen MR) is 75.9 cm³/mol. The van der Waals surface area contributed by atoms with Crippen LogP contribution in [-0.4, -0.2) is 24.9 Å². The lowest BCUT2D eigenvalue weighted by atomic mass is 10.1. The van der Waals surface area contributed by atoms with E-state index in [9.17, 15) is 9.59 Å². The Morgan fingerprint density at radius 3 is 1.53 bits per heavy atom. The van der Waals surface area contributed by atoms with Gasteiger partial charge in [0.1, 0.15) is 0 Å². The minimum atomic E-state index is -0.232. The van der Waals surface area contributed by atoms with E-state index in [1.807, 2.05) is 0 Å². The SMILES string of the molecule is NC(=O)CCCCCCCNNCCCCC(N)=O. The van der Waals surface area contributed by atoms with Crippen molar-refractivity contribution in [2.45, 2.75) is 57.8 Å². The molecule has 0 saturated heterocycles. The standard InChI is InChI=1S/C13H28N4O2/c14-12(18)8-4-2-1-3-6-10-16-17-11-7-5-9-13(15)19/h16-17H,1-11H2,(H2,14,18)(H2,15,19). The lowest BCUT2D eigenvalue weighted by molar-refractivity contribution is -0.119. The molecule has 0 saturated carbocycles. The Morgan fingerprint density at radius 2 is 1.00 bits per heavy atom. The summed E-state index contributed by atoms with van der Waals surface area (Å²) < 4.78 is 0. The van der Waals surface area contributed by atoms with Gasteiger partial charge in [0, 0.05) is 25.9 Å². The molecule has 0 aliphatic rings. The largest absolute Gasteiger partial charge is 0.370 e. The molecule has 19 heavy (non-hydrogen) atoms. The van der Waals surface area contributed by atoms with Crippen LogP contribution in [0.5, 0.6) is 0 Å². The number of hydrogen-bond acceptors (Lipinski definition) is 4. The zero-order chi connectivity index (χ0) is 14.3. The zero-order valence-electron chi connectivity index (χ0n) is 11.7. The molecule has 0 aromatic rings. The molecule has 6 nitrogen and oxygen atoms in total. The number of carbonyl (C=O) groups excluding carboxylic acids is 2. The van der Waals surface area contributed by atoms with Crippen LogP contribution >= 0.6 is 0 Å². The van der Waals surface area contributed by atoms with E-state index in [1.165, 1.54) is 0 Å². The Kier molecular flexibility index (Phi) is 12.5. The van der Waals surface area contributed by atoms with Crippen LogP contribution in [0, 0.1) is 0 Å². The van der Waals surface area contributed by atoms with Crippen LogP contribution in [0.2, 0.25) is 0 Å². The number of hydrogen-bond donors (Lipinski definition) is 4. The molecular weight excluding hydrogens is 244 g/mol. The van der Waals surface area contributed by atoms with Gasteiger partial charge in [-0.25, -0.2) is 0 Å². The molecular formula is C13H28N4O2. The van der Waals surface area contributed by atoms with Gasteiger partial charge in [-0.15, -0.1) is 0 Å². The number of rotatable bonds is 14. The summed E-state index contributed by atoms with van der Waals surface area (Å²) in [7, 11) is 0. The predicted octanol–water partition coefficient (Wildman–Crippen LogP) is 0.562. The van der Waals surface area contributed by atoms with Crippen LogP contribution in [0.25, 0.3) is 0 Å². The second kappa shape index (κ2) is 13.3. The van der Waals surface area contributed by atoms with Gasteiger partial charge >= 0.3 is 0 Å². The minimum absolute atomic E-state index is 0.206. The molecule has 0 aromatic carbocycles. The summed E-state index contributed by atoms with van der Waals surface area (Å²) in [4.78, 5) is 21.0. The Morgan fingerprint density at radius 1 is 0.632 bits per heavy atom. The molecule has 0 spiro atoms. The van der Waals surface area contributed by atoms with E-state index in [1.54, 1.807) is 0 Å². The van der Waals surface area contributed by atoms with Gasteiger partial charge in [-0.3, -0.25) is 20.4 Å². The molecule has 0 heterocycles. The monoisotopic (exact) mass is 272 g/mol. The van der Waals surface area contributed by atoms with Crippen LogP contribution in [0.3, 0.4) is 0 Å². The first-order valence-corrected chi connectivity index (χ1v) is 7.15. The van der Waals surface area contributed by atoms with E-state index in [0.29, 0.717) is 12.8 Å². The van der Waals surface area contributed by atoms with Crippen molar-refractivity contribution in [1.29, 1.82) is 0 Å². The number of amides is 2. The minimum Gasteiger partial charge on any atom is -0.370 e. The quantitative estimate of drug-likeness (QED) is 0.273. The molecule has 0 bridgehead atoms. The van der Waals surface area contributed by atoms with Gasteiger partial charge in [0.15, 0.2) is 0 Å². The van der Waals surface area contributed by atoms with Crippen LogP contribution in [0.4, 0.5) is 0 Å². The highest BCUT2D eigenvalue weighted by molar-refractivity contribution is 5.73. The van der Waals surface area contributed by atoms with Gasteiger partial charge in [0.05, 0.1) is 0 Å². The van der Waals surface area contributed by atoms with Crippen molar-refractivity contribution < 1.29 is 9.59 Å². The molecule has 2 amide bonds. The van der Waals surface area contributed by atoms with Crippen LogP contribution in [0.1, 0.15) is 57.8 Å². The summed E-state index contributed by atoms with van der Waals surface area (Å²) in [5.74, 6) is -0.438. The molecule has 0 aliphatic heterocycles. The summed E-state index contributed by atoms with van der Waals surface area (Å²) in [5, 5.41) is 0. The molecule has 0 aromatic heterocycles. The van der Waals surface area contributed by atoms with E-state index in [4.69, 9.17) is 11.5 Å². The highest BCUT2D eigenvalue weighted by Gasteiger charge is 1.95. The summed E-state index contributed by atoms with van der Waals surface area (Å²) in [5.41, 5.74) is 16.4. The smallest absolute Gasteiger partial charge is 0.217 e. The molecule has 0 fully saturated rings. The second-order valence-electron chi connectivity index (χ2n) is 4.76. The Hall–Kier alpha value is -1.14. The van der Waals surface area contributed by atoms with E-state index in [-0.39, 0.29) is 11.8 Å². The first kappa shape index (κ1) is 17.9. The lowest BCUT2D eigenvalue weighted by Gasteiger charge is -2.06.